The van der Waals surface area contributed by atoms with Crippen molar-refractivity contribution in [2.24, 2.45) is 11.7 Å². The summed E-state index contributed by atoms with van der Waals surface area (Å²) in [7, 11) is 0. The van der Waals surface area contributed by atoms with Gasteiger partial charge in [0, 0.05) is 17.4 Å². The van der Waals surface area contributed by atoms with Crippen LogP contribution in [-0.2, 0) is 0 Å². The van der Waals surface area contributed by atoms with Crippen LogP contribution in [0, 0.1) is 5.92 Å². The van der Waals surface area contributed by atoms with Crippen LogP contribution in [0.3, 0.4) is 0 Å². The van der Waals surface area contributed by atoms with Gasteiger partial charge in [0.2, 0.25) is 0 Å². The number of nitrogens with zero attached hydrogens (tertiary/aromatic N) is 1. The third kappa shape index (κ3) is 2.63. The van der Waals surface area contributed by atoms with Crippen molar-refractivity contribution in [2.45, 2.75) is 25.3 Å². The van der Waals surface area contributed by atoms with Gasteiger partial charge in [0.1, 0.15) is 5.01 Å². The topological polar surface area (TPSA) is 57.4 Å². The van der Waals surface area contributed by atoms with Crippen LogP contribution in [-0.4, -0.2) is 18.2 Å². The molecule has 0 radical (unpaired) electrons. The predicted molar refractivity (Wildman–Crippen MR) is 82.8 cm³/mol. The van der Waals surface area contributed by atoms with E-state index in [-0.39, 0.29) is 6.04 Å². The summed E-state index contributed by atoms with van der Waals surface area (Å²) in [6.45, 7) is 1.41. The molecule has 2 aromatic rings. The minimum absolute atomic E-state index is 0.101. The Morgan fingerprint density at radius 3 is 2.81 bits per heavy atom. The van der Waals surface area contributed by atoms with Crippen molar-refractivity contribution in [3.05, 3.63) is 28.6 Å². The lowest BCUT2D eigenvalue weighted by Gasteiger charge is -2.08. The molecule has 0 bridgehead atoms. The van der Waals surface area contributed by atoms with Crippen molar-refractivity contribution in [3.8, 4) is 22.8 Å². The van der Waals surface area contributed by atoms with E-state index >= 15 is 0 Å². The van der Waals surface area contributed by atoms with Crippen LogP contribution in [0.25, 0.3) is 11.3 Å². The fourth-order valence-corrected chi connectivity index (χ4v) is 3.47. The summed E-state index contributed by atoms with van der Waals surface area (Å²) < 4.78 is 11.4. The van der Waals surface area contributed by atoms with E-state index in [2.05, 4.69) is 5.38 Å². The fourth-order valence-electron chi connectivity index (χ4n) is 2.55. The van der Waals surface area contributed by atoms with Gasteiger partial charge in [0.15, 0.2) is 11.5 Å². The molecule has 0 amide bonds. The van der Waals surface area contributed by atoms with Gasteiger partial charge in [0.05, 0.1) is 24.9 Å². The van der Waals surface area contributed by atoms with E-state index in [1.807, 2.05) is 18.2 Å². The predicted octanol–water partition coefficient (Wildman–Crippen LogP) is 3.38. The molecule has 2 heterocycles. The summed E-state index contributed by atoms with van der Waals surface area (Å²) in [5, 5.41) is 3.12. The lowest BCUT2D eigenvalue weighted by atomic mass is 10.1. The summed E-state index contributed by atoms with van der Waals surface area (Å²) in [5.74, 6) is 2.26. The average molecular weight is 302 g/mol. The van der Waals surface area contributed by atoms with E-state index in [1.165, 1.54) is 12.8 Å². The molecule has 0 spiro atoms. The van der Waals surface area contributed by atoms with Crippen molar-refractivity contribution < 1.29 is 9.47 Å². The maximum atomic E-state index is 6.23. The Morgan fingerprint density at radius 2 is 2.00 bits per heavy atom. The van der Waals surface area contributed by atoms with Crippen LogP contribution in [0.2, 0.25) is 0 Å². The monoisotopic (exact) mass is 302 g/mol. The molecule has 1 aliphatic carbocycles. The standard InChI is InChI=1S/C16H18N2O2S/c17-15(10-2-3-10)16-18-12(9-21-16)11-4-5-13-14(8-11)20-7-1-6-19-13/h4-5,8-10,15H,1-3,6-7,17H2. The van der Waals surface area contributed by atoms with Gasteiger partial charge in [-0.05, 0) is 37.0 Å². The second kappa shape index (κ2) is 5.31. The molecular formula is C16H18N2O2S. The first-order valence-corrected chi connectivity index (χ1v) is 8.30. The van der Waals surface area contributed by atoms with Gasteiger partial charge >= 0.3 is 0 Å². The number of fused-ring (bicyclic) bond motifs is 1. The molecule has 0 saturated heterocycles. The van der Waals surface area contributed by atoms with E-state index in [4.69, 9.17) is 20.2 Å². The highest BCUT2D eigenvalue weighted by Gasteiger charge is 2.31. The van der Waals surface area contributed by atoms with E-state index in [0.29, 0.717) is 19.1 Å². The summed E-state index contributed by atoms with van der Waals surface area (Å²) in [5.41, 5.74) is 8.26. The Morgan fingerprint density at radius 1 is 1.19 bits per heavy atom. The first-order chi connectivity index (χ1) is 10.3. The zero-order valence-corrected chi connectivity index (χ0v) is 12.6. The molecule has 1 atom stereocenters. The number of hydrogen-bond acceptors (Lipinski definition) is 5. The molecule has 1 aliphatic heterocycles. The minimum atomic E-state index is 0.101. The fraction of sp³-hybridized carbons (Fsp3) is 0.438. The van der Waals surface area contributed by atoms with Gasteiger partial charge in [0.25, 0.3) is 0 Å². The molecule has 1 saturated carbocycles. The average Bonchev–Trinajstić information content (AvgIpc) is 3.28. The summed E-state index contributed by atoms with van der Waals surface area (Å²) >= 11 is 1.65. The number of benzene rings is 1. The number of rotatable bonds is 3. The number of nitrogens with two attached hydrogens (primary N) is 1. The highest BCUT2D eigenvalue weighted by Crippen LogP contribution is 2.41. The normalized spacial score (nSPS) is 19.1. The molecule has 4 nitrogen and oxygen atoms in total. The second-order valence-corrected chi connectivity index (χ2v) is 6.54. The molecule has 21 heavy (non-hydrogen) atoms. The van der Waals surface area contributed by atoms with Crippen LogP contribution in [0.5, 0.6) is 11.5 Å². The van der Waals surface area contributed by atoms with E-state index in [9.17, 15) is 0 Å². The Balaban J connectivity index is 1.62. The van der Waals surface area contributed by atoms with Crippen LogP contribution < -0.4 is 15.2 Å². The Bertz CT molecular complexity index is 651. The number of thiazole rings is 1. The van der Waals surface area contributed by atoms with Crippen LogP contribution in [0.4, 0.5) is 0 Å². The Kier molecular flexibility index (Phi) is 3.31. The molecule has 110 valence electrons. The third-order valence-electron chi connectivity index (χ3n) is 3.98. The van der Waals surface area contributed by atoms with Gasteiger partial charge in [-0.2, -0.15) is 0 Å². The van der Waals surface area contributed by atoms with E-state index < -0.39 is 0 Å². The first kappa shape index (κ1) is 13.1. The summed E-state index contributed by atoms with van der Waals surface area (Å²) in [6, 6.07) is 6.12. The highest BCUT2D eigenvalue weighted by atomic mass is 32.1. The Labute approximate surface area is 127 Å². The quantitative estimate of drug-likeness (QED) is 0.944. The largest absolute Gasteiger partial charge is 0.490 e. The zero-order valence-electron chi connectivity index (χ0n) is 11.7. The van der Waals surface area contributed by atoms with Crippen molar-refractivity contribution in [2.75, 3.05) is 13.2 Å². The van der Waals surface area contributed by atoms with Gasteiger partial charge in [-0.1, -0.05) is 0 Å². The van der Waals surface area contributed by atoms with Crippen molar-refractivity contribution in [3.63, 3.8) is 0 Å². The number of hydrogen-bond donors (Lipinski definition) is 1. The van der Waals surface area contributed by atoms with Gasteiger partial charge < -0.3 is 15.2 Å². The van der Waals surface area contributed by atoms with Crippen LogP contribution in [0.1, 0.15) is 30.3 Å². The SMILES string of the molecule is NC(c1nc(-c2ccc3c(c2)OCCCO3)cs1)C1CC1. The molecule has 1 fully saturated rings. The summed E-state index contributed by atoms with van der Waals surface area (Å²) in [4.78, 5) is 4.71. The lowest BCUT2D eigenvalue weighted by molar-refractivity contribution is 0.297. The van der Waals surface area contributed by atoms with Crippen molar-refractivity contribution >= 4 is 11.3 Å². The maximum Gasteiger partial charge on any atom is 0.161 e. The molecule has 5 heteroatoms. The number of aromatic nitrogens is 1. The lowest BCUT2D eigenvalue weighted by Crippen LogP contribution is -2.11. The van der Waals surface area contributed by atoms with Crippen LogP contribution in [0.15, 0.2) is 23.6 Å². The van der Waals surface area contributed by atoms with Gasteiger partial charge in [-0.15, -0.1) is 11.3 Å². The van der Waals surface area contributed by atoms with Crippen molar-refractivity contribution in [1.29, 1.82) is 0 Å². The molecule has 4 rings (SSSR count). The van der Waals surface area contributed by atoms with Crippen molar-refractivity contribution in [1.82, 2.24) is 4.98 Å². The smallest absolute Gasteiger partial charge is 0.161 e. The molecule has 2 aliphatic rings. The molecule has 1 aromatic heterocycles. The van der Waals surface area contributed by atoms with E-state index in [0.717, 1.165) is 34.2 Å². The Hall–Kier alpha value is -1.59. The number of ether oxygens (including phenoxy) is 2. The molecule has 1 aromatic carbocycles. The van der Waals surface area contributed by atoms with Crippen LogP contribution >= 0.6 is 11.3 Å². The second-order valence-electron chi connectivity index (χ2n) is 5.65. The zero-order chi connectivity index (χ0) is 14.2. The van der Waals surface area contributed by atoms with E-state index in [1.54, 1.807) is 11.3 Å². The minimum Gasteiger partial charge on any atom is -0.490 e. The molecule has 1 unspecified atom stereocenters. The third-order valence-corrected chi connectivity index (χ3v) is 4.93. The highest BCUT2D eigenvalue weighted by molar-refractivity contribution is 7.10. The van der Waals surface area contributed by atoms with Gasteiger partial charge in [-0.25, -0.2) is 4.98 Å². The summed E-state index contributed by atoms with van der Waals surface area (Å²) in [6.07, 6.45) is 3.39. The molecule has 2 N–H and O–H groups in total. The maximum absolute atomic E-state index is 6.23. The van der Waals surface area contributed by atoms with Gasteiger partial charge in [-0.3, -0.25) is 0 Å². The molecular weight excluding hydrogens is 284 g/mol. The first-order valence-electron chi connectivity index (χ1n) is 7.42.